The lowest BCUT2D eigenvalue weighted by molar-refractivity contribution is 0.412. The lowest BCUT2D eigenvalue weighted by Gasteiger charge is -2.34. The van der Waals surface area contributed by atoms with E-state index in [2.05, 4.69) is 16.8 Å². The van der Waals surface area contributed by atoms with Crippen LogP contribution in [0.4, 0.5) is 5.82 Å². The number of pyridine rings is 1. The molecule has 88 valence electrons. The SMILES string of the molecule is COc1ccc(N2CCC(C)C(Cl)C2)nc1. The number of piperidine rings is 1. The Bertz CT molecular complexity index is 341. The van der Waals surface area contributed by atoms with Gasteiger partial charge in [0, 0.05) is 13.1 Å². The van der Waals surface area contributed by atoms with Crippen LogP contribution in [0.5, 0.6) is 5.75 Å². The molecule has 1 aliphatic rings. The second-order valence-electron chi connectivity index (χ2n) is 4.28. The predicted molar refractivity (Wildman–Crippen MR) is 66.4 cm³/mol. The molecule has 1 fully saturated rings. The number of halogens is 1. The van der Waals surface area contributed by atoms with E-state index in [1.54, 1.807) is 13.3 Å². The molecule has 4 heteroatoms. The van der Waals surface area contributed by atoms with Crippen molar-refractivity contribution in [1.82, 2.24) is 4.98 Å². The maximum absolute atomic E-state index is 6.28. The van der Waals surface area contributed by atoms with E-state index in [1.165, 1.54) is 0 Å². The van der Waals surface area contributed by atoms with E-state index in [0.717, 1.165) is 31.1 Å². The van der Waals surface area contributed by atoms with Crippen LogP contribution in [-0.2, 0) is 0 Å². The Morgan fingerprint density at radius 2 is 2.31 bits per heavy atom. The van der Waals surface area contributed by atoms with Gasteiger partial charge in [-0.05, 0) is 24.5 Å². The average Bonchev–Trinajstić information content (AvgIpc) is 2.33. The third kappa shape index (κ3) is 2.40. The van der Waals surface area contributed by atoms with Gasteiger partial charge in [0.1, 0.15) is 11.6 Å². The smallest absolute Gasteiger partial charge is 0.137 e. The molecule has 1 aliphatic heterocycles. The van der Waals surface area contributed by atoms with Crippen LogP contribution in [0, 0.1) is 5.92 Å². The summed E-state index contributed by atoms with van der Waals surface area (Å²) in [5.74, 6) is 2.37. The summed E-state index contributed by atoms with van der Waals surface area (Å²) >= 11 is 6.28. The number of rotatable bonds is 2. The molecule has 0 radical (unpaired) electrons. The van der Waals surface area contributed by atoms with Crippen molar-refractivity contribution >= 4 is 17.4 Å². The molecule has 0 bridgehead atoms. The van der Waals surface area contributed by atoms with Gasteiger partial charge in [-0.1, -0.05) is 6.92 Å². The van der Waals surface area contributed by atoms with Crippen LogP contribution < -0.4 is 9.64 Å². The van der Waals surface area contributed by atoms with Crippen molar-refractivity contribution in [2.75, 3.05) is 25.1 Å². The van der Waals surface area contributed by atoms with Crippen molar-refractivity contribution in [2.45, 2.75) is 18.7 Å². The van der Waals surface area contributed by atoms with Gasteiger partial charge in [0.15, 0.2) is 0 Å². The minimum Gasteiger partial charge on any atom is -0.495 e. The Balaban J connectivity index is 2.06. The number of alkyl halides is 1. The first kappa shape index (κ1) is 11.5. The van der Waals surface area contributed by atoms with Crippen molar-refractivity contribution in [3.63, 3.8) is 0 Å². The van der Waals surface area contributed by atoms with Gasteiger partial charge in [-0.25, -0.2) is 4.98 Å². The summed E-state index contributed by atoms with van der Waals surface area (Å²) < 4.78 is 5.09. The highest BCUT2D eigenvalue weighted by Crippen LogP contribution is 2.25. The second kappa shape index (κ2) is 4.91. The van der Waals surface area contributed by atoms with Gasteiger partial charge in [0.05, 0.1) is 18.7 Å². The molecule has 1 aromatic heterocycles. The lowest BCUT2D eigenvalue weighted by Crippen LogP contribution is -2.40. The summed E-state index contributed by atoms with van der Waals surface area (Å²) in [6.45, 7) is 4.11. The minimum atomic E-state index is 0.220. The fourth-order valence-electron chi connectivity index (χ4n) is 1.91. The molecular weight excluding hydrogens is 224 g/mol. The number of anilines is 1. The third-order valence-electron chi connectivity index (χ3n) is 3.15. The highest BCUT2D eigenvalue weighted by atomic mass is 35.5. The fourth-order valence-corrected chi connectivity index (χ4v) is 2.20. The van der Waals surface area contributed by atoms with E-state index in [0.29, 0.717) is 5.92 Å². The standard InChI is InChI=1S/C12H17ClN2O/c1-9-5-6-15(8-11(9)13)12-4-3-10(16-2)7-14-12/h3-4,7,9,11H,5-6,8H2,1-2H3. The molecule has 3 nitrogen and oxygen atoms in total. The van der Waals surface area contributed by atoms with E-state index < -0.39 is 0 Å². The van der Waals surface area contributed by atoms with Crippen LogP contribution >= 0.6 is 11.6 Å². The normalized spacial score (nSPS) is 25.6. The molecule has 1 saturated heterocycles. The predicted octanol–water partition coefficient (Wildman–Crippen LogP) is 2.54. The fraction of sp³-hybridized carbons (Fsp3) is 0.583. The van der Waals surface area contributed by atoms with Gasteiger partial charge in [-0.15, -0.1) is 11.6 Å². The summed E-state index contributed by atoms with van der Waals surface area (Å²) in [5.41, 5.74) is 0. The van der Waals surface area contributed by atoms with Crippen molar-refractivity contribution in [3.05, 3.63) is 18.3 Å². The van der Waals surface area contributed by atoms with Crippen LogP contribution in [-0.4, -0.2) is 30.6 Å². The second-order valence-corrected chi connectivity index (χ2v) is 4.84. The molecule has 0 aromatic carbocycles. The Hall–Kier alpha value is -0.960. The van der Waals surface area contributed by atoms with E-state index in [-0.39, 0.29) is 5.38 Å². The van der Waals surface area contributed by atoms with Crippen molar-refractivity contribution in [1.29, 1.82) is 0 Å². The zero-order chi connectivity index (χ0) is 11.5. The molecule has 2 heterocycles. The maximum atomic E-state index is 6.28. The molecule has 2 unspecified atom stereocenters. The monoisotopic (exact) mass is 240 g/mol. The number of ether oxygens (including phenoxy) is 1. The number of methoxy groups -OCH3 is 1. The summed E-state index contributed by atoms with van der Waals surface area (Å²) in [6, 6.07) is 3.92. The van der Waals surface area contributed by atoms with E-state index in [9.17, 15) is 0 Å². The highest BCUT2D eigenvalue weighted by molar-refractivity contribution is 6.21. The van der Waals surface area contributed by atoms with Crippen LogP contribution in [0.1, 0.15) is 13.3 Å². The zero-order valence-electron chi connectivity index (χ0n) is 9.69. The molecule has 0 N–H and O–H groups in total. The van der Waals surface area contributed by atoms with Crippen LogP contribution in [0.15, 0.2) is 18.3 Å². The molecule has 2 rings (SSSR count). The number of hydrogen-bond acceptors (Lipinski definition) is 3. The molecular formula is C12H17ClN2O. The highest BCUT2D eigenvalue weighted by Gasteiger charge is 2.24. The van der Waals surface area contributed by atoms with E-state index >= 15 is 0 Å². The summed E-state index contributed by atoms with van der Waals surface area (Å²) in [6.07, 6.45) is 2.87. The topological polar surface area (TPSA) is 25.4 Å². The largest absolute Gasteiger partial charge is 0.495 e. The molecule has 16 heavy (non-hydrogen) atoms. The van der Waals surface area contributed by atoms with Crippen molar-refractivity contribution in [2.24, 2.45) is 5.92 Å². The maximum Gasteiger partial charge on any atom is 0.137 e. The van der Waals surface area contributed by atoms with Gasteiger partial charge in [-0.2, -0.15) is 0 Å². The van der Waals surface area contributed by atoms with Gasteiger partial charge < -0.3 is 9.64 Å². The van der Waals surface area contributed by atoms with Crippen molar-refractivity contribution < 1.29 is 4.74 Å². The van der Waals surface area contributed by atoms with Crippen LogP contribution in [0.25, 0.3) is 0 Å². The molecule has 0 spiro atoms. The average molecular weight is 241 g/mol. The zero-order valence-corrected chi connectivity index (χ0v) is 10.4. The van der Waals surface area contributed by atoms with E-state index in [4.69, 9.17) is 16.3 Å². The van der Waals surface area contributed by atoms with Gasteiger partial charge in [-0.3, -0.25) is 0 Å². The summed E-state index contributed by atoms with van der Waals surface area (Å²) in [4.78, 5) is 6.61. The number of hydrogen-bond donors (Lipinski definition) is 0. The van der Waals surface area contributed by atoms with Crippen LogP contribution in [0.2, 0.25) is 0 Å². The minimum absolute atomic E-state index is 0.220. The molecule has 0 saturated carbocycles. The quantitative estimate of drug-likeness (QED) is 0.743. The molecule has 1 aromatic rings. The first-order valence-electron chi connectivity index (χ1n) is 5.59. The number of nitrogens with zero attached hydrogens (tertiary/aromatic N) is 2. The Morgan fingerprint density at radius 3 is 2.88 bits per heavy atom. The van der Waals surface area contributed by atoms with Crippen molar-refractivity contribution in [3.8, 4) is 5.75 Å². The first-order chi connectivity index (χ1) is 7.70. The Labute approximate surface area is 101 Å². The third-order valence-corrected chi connectivity index (χ3v) is 3.72. The number of aromatic nitrogens is 1. The van der Waals surface area contributed by atoms with Gasteiger partial charge in [0.2, 0.25) is 0 Å². The molecule has 0 amide bonds. The lowest BCUT2D eigenvalue weighted by atomic mass is 9.99. The first-order valence-corrected chi connectivity index (χ1v) is 6.03. The Kier molecular flexibility index (Phi) is 3.54. The summed E-state index contributed by atoms with van der Waals surface area (Å²) in [7, 11) is 1.65. The van der Waals surface area contributed by atoms with Crippen LogP contribution in [0.3, 0.4) is 0 Å². The summed E-state index contributed by atoms with van der Waals surface area (Å²) in [5, 5.41) is 0.220. The van der Waals surface area contributed by atoms with Gasteiger partial charge in [0.25, 0.3) is 0 Å². The Morgan fingerprint density at radius 1 is 1.50 bits per heavy atom. The molecule has 0 aliphatic carbocycles. The van der Waals surface area contributed by atoms with E-state index in [1.807, 2.05) is 12.1 Å². The molecule has 2 atom stereocenters. The van der Waals surface area contributed by atoms with Gasteiger partial charge >= 0.3 is 0 Å².